The van der Waals surface area contributed by atoms with Gasteiger partial charge in [0.05, 0.1) is 11.3 Å². The molecule has 0 saturated carbocycles. The normalized spacial score (nSPS) is 14.2. The minimum absolute atomic E-state index is 0.306. The zero-order valence-electron chi connectivity index (χ0n) is 13.8. The van der Waals surface area contributed by atoms with Crippen LogP contribution in [-0.4, -0.2) is 33.6 Å². The van der Waals surface area contributed by atoms with E-state index in [9.17, 15) is 18.0 Å². The first-order chi connectivity index (χ1) is 12.9. The predicted octanol–water partition coefficient (Wildman–Crippen LogP) is 3.37. The van der Waals surface area contributed by atoms with Crippen molar-refractivity contribution in [3.63, 3.8) is 0 Å². The van der Waals surface area contributed by atoms with Gasteiger partial charge < -0.3 is 9.64 Å². The summed E-state index contributed by atoms with van der Waals surface area (Å²) in [7, 11) is 0. The standard InChI is InChI=1S/C18H13F3N4O2/c19-18(20,21)27-13-5-3-4-12(10-13)24-9-7-15-14(17(24)26)11-25(23-15)16-6-1-2-8-22-16/h1-6,8,10-11H,7,9H2. The van der Waals surface area contributed by atoms with Gasteiger partial charge in [-0.15, -0.1) is 13.2 Å². The van der Waals surface area contributed by atoms with Crippen molar-refractivity contribution in [1.29, 1.82) is 0 Å². The molecule has 0 unspecified atom stereocenters. The van der Waals surface area contributed by atoms with Gasteiger partial charge >= 0.3 is 6.36 Å². The van der Waals surface area contributed by atoms with Gasteiger partial charge in [0.1, 0.15) is 5.75 Å². The van der Waals surface area contributed by atoms with Crippen LogP contribution in [0.3, 0.4) is 0 Å². The van der Waals surface area contributed by atoms with Gasteiger partial charge in [-0.2, -0.15) is 5.10 Å². The number of ether oxygens (including phenoxy) is 1. The topological polar surface area (TPSA) is 60.2 Å². The number of alkyl halides is 3. The molecule has 0 N–H and O–H groups in total. The van der Waals surface area contributed by atoms with Crippen LogP contribution in [-0.2, 0) is 6.42 Å². The molecule has 0 atom stereocenters. The average Bonchev–Trinajstić information content (AvgIpc) is 3.07. The van der Waals surface area contributed by atoms with Gasteiger partial charge in [0.25, 0.3) is 5.91 Å². The van der Waals surface area contributed by atoms with Crippen molar-refractivity contribution in [1.82, 2.24) is 14.8 Å². The summed E-state index contributed by atoms with van der Waals surface area (Å²) in [6, 6.07) is 10.7. The fourth-order valence-electron chi connectivity index (χ4n) is 2.94. The minimum atomic E-state index is -4.79. The Balaban J connectivity index is 1.63. The van der Waals surface area contributed by atoms with Gasteiger partial charge in [0.2, 0.25) is 0 Å². The van der Waals surface area contributed by atoms with Crippen molar-refractivity contribution in [3.8, 4) is 11.6 Å². The van der Waals surface area contributed by atoms with E-state index in [1.807, 2.05) is 6.07 Å². The number of nitrogens with zero attached hydrogens (tertiary/aromatic N) is 4. The second-order valence-electron chi connectivity index (χ2n) is 5.87. The van der Waals surface area contributed by atoms with E-state index in [0.717, 1.165) is 0 Å². The molecule has 1 aromatic carbocycles. The quantitative estimate of drug-likeness (QED) is 0.705. The highest BCUT2D eigenvalue weighted by atomic mass is 19.4. The number of rotatable bonds is 3. The van der Waals surface area contributed by atoms with Gasteiger partial charge in [-0.05, 0) is 24.3 Å². The molecule has 0 radical (unpaired) electrons. The SMILES string of the molecule is O=C1c2cn(-c3ccccn3)nc2CCN1c1cccc(OC(F)(F)F)c1. The molecule has 138 valence electrons. The highest BCUT2D eigenvalue weighted by Gasteiger charge is 2.32. The lowest BCUT2D eigenvalue weighted by atomic mass is 10.1. The van der Waals surface area contributed by atoms with Gasteiger partial charge in [0.15, 0.2) is 5.82 Å². The van der Waals surface area contributed by atoms with E-state index in [1.54, 1.807) is 30.6 Å². The molecule has 9 heteroatoms. The van der Waals surface area contributed by atoms with Crippen LogP contribution in [0.15, 0.2) is 54.9 Å². The summed E-state index contributed by atoms with van der Waals surface area (Å²) in [6.07, 6.45) is -1.11. The fraction of sp³-hybridized carbons (Fsp3) is 0.167. The van der Waals surface area contributed by atoms with Crippen molar-refractivity contribution >= 4 is 11.6 Å². The lowest BCUT2D eigenvalue weighted by Gasteiger charge is -2.26. The lowest BCUT2D eigenvalue weighted by molar-refractivity contribution is -0.274. The minimum Gasteiger partial charge on any atom is -0.406 e. The summed E-state index contributed by atoms with van der Waals surface area (Å²) in [5.74, 6) is -0.128. The second-order valence-corrected chi connectivity index (χ2v) is 5.87. The molecule has 0 bridgehead atoms. The maximum atomic E-state index is 12.8. The van der Waals surface area contributed by atoms with Crippen LogP contribution < -0.4 is 9.64 Å². The number of carbonyl (C=O) groups excluding carboxylic acids is 1. The van der Waals surface area contributed by atoms with Crippen LogP contribution in [0, 0.1) is 0 Å². The second kappa shape index (κ2) is 6.42. The highest BCUT2D eigenvalue weighted by Crippen LogP contribution is 2.29. The molecule has 6 nitrogen and oxygen atoms in total. The summed E-state index contributed by atoms with van der Waals surface area (Å²) >= 11 is 0. The number of amides is 1. The van der Waals surface area contributed by atoms with E-state index in [0.29, 0.717) is 35.7 Å². The third-order valence-corrected chi connectivity index (χ3v) is 4.09. The molecule has 27 heavy (non-hydrogen) atoms. The Morgan fingerprint density at radius 3 is 2.70 bits per heavy atom. The first-order valence-corrected chi connectivity index (χ1v) is 8.08. The number of halogens is 3. The van der Waals surface area contributed by atoms with Crippen LogP contribution in [0.4, 0.5) is 18.9 Å². The smallest absolute Gasteiger partial charge is 0.406 e. The molecular formula is C18H13F3N4O2. The molecule has 2 aromatic heterocycles. The molecule has 0 saturated heterocycles. The van der Waals surface area contributed by atoms with Crippen molar-refractivity contribution in [3.05, 3.63) is 66.1 Å². The molecule has 0 fully saturated rings. The zero-order valence-corrected chi connectivity index (χ0v) is 13.8. The first-order valence-electron chi connectivity index (χ1n) is 8.08. The Kier molecular flexibility index (Phi) is 4.06. The van der Waals surface area contributed by atoms with Crippen molar-refractivity contribution in [2.75, 3.05) is 11.4 Å². The van der Waals surface area contributed by atoms with Crippen LogP contribution in [0.5, 0.6) is 5.75 Å². The number of benzene rings is 1. The molecule has 4 rings (SSSR count). The molecule has 0 spiro atoms. The lowest BCUT2D eigenvalue weighted by Crippen LogP contribution is -2.37. The summed E-state index contributed by atoms with van der Waals surface area (Å²) in [5, 5.41) is 4.40. The molecule has 1 amide bonds. The molecular weight excluding hydrogens is 361 g/mol. The Hall–Kier alpha value is -3.36. The van der Waals surface area contributed by atoms with Crippen molar-refractivity contribution in [2.45, 2.75) is 12.8 Å². The number of anilines is 1. The molecule has 0 aliphatic carbocycles. The highest BCUT2D eigenvalue weighted by molar-refractivity contribution is 6.07. The molecule has 1 aliphatic rings. The van der Waals surface area contributed by atoms with E-state index in [2.05, 4.69) is 14.8 Å². The first kappa shape index (κ1) is 17.1. The maximum absolute atomic E-state index is 12.8. The van der Waals surface area contributed by atoms with E-state index in [-0.39, 0.29) is 11.7 Å². The number of pyridine rings is 1. The van der Waals surface area contributed by atoms with Gasteiger partial charge in [-0.25, -0.2) is 9.67 Å². The number of carbonyl (C=O) groups is 1. The summed E-state index contributed by atoms with van der Waals surface area (Å²) in [5.41, 5.74) is 1.36. The van der Waals surface area contributed by atoms with Crippen LogP contribution in [0.25, 0.3) is 5.82 Å². The number of fused-ring (bicyclic) bond motifs is 1. The van der Waals surface area contributed by atoms with E-state index in [1.165, 1.54) is 27.8 Å². The molecule has 3 heterocycles. The Labute approximate surface area is 151 Å². The predicted molar refractivity (Wildman–Crippen MR) is 89.9 cm³/mol. The van der Waals surface area contributed by atoms with E-state index in [4.69, 9.17) is 0 Å². The third-order valence-electron chi connectivity index (χ3n) is 4.09. The van der Waals surface area contributed by atoms with Crippen molar-refractivity contribution in [2.24, 2.45) is 0 Å². The van der Waals surface area contributed by atoms with Crippen molar-refractivity contribution < 1.29 is 22.7 Å². The molecule has 3 aromatic rings. The van der Waals surface area contributed by atoms with E-state index < -0.39 is 6.36 Å². The summed E-state index contributed by atoms with van der Waals surface area (Å²) in [6.45, 7) is 0.306. The number of hydrogen-bond acceptors (Lipinski definition) is 4. The third kappa shape index (κ3) is 3.48. The largest absolute Gasteiger partial charge is 0.573 e. The van der Waals surface area contributed by atoms with Gasteiger partial charge in [-0.1, -0.05) is 12.1 Å². The zero-order chi connectivity index (χ0) is 19.0. The van der Waals surface area contributed by atoms with Crippen LogP contribution in [0.1, 0.15) is 16.1 Å². The van der Waals surface area contributed by atoms with Crippen LogP contribution in [0.2, 0.25) is 0 Å². The number of aromatic nitrogens is 3. The average molecular weight is 374 g/mol. The van der Waals surface area contributed by atoms with Gasteiger partial charge in [0, 0.05) is 37.1 Å². The maximum Gasteiger partial charge on any atom is 0.573 e. The summed E-state index contributed by atoms with van der Waals surface area (Å²) < 4.78 is 42.8. The van der Waals surface area contributed by atoms with E-state index >= 15 is 0 Å². The Morgan fingerprint density at radius 2 is 1.96 bits per heavy atom. The Morgan fingerprint density at radius 1 is 1.11 bits per heavy atom. The molecule has 1 aliphatic heterocycles. The monoisotopic (exact) mass is 374 g/mol. The Bertz CT molecular complexity index is 986. The summed E-state index contributed by atoms with van der Waals surface area (Å²) in [4.78, 5) is 18.5. The van der Waals surface area contributed by atoms with Gasteiger partial charge in [-0.3, -0.25) is 4.79 Å². The fourth-order valence-corrected chi connectivity index (χ4v) is 2.94. The number of hydrogen-bond donors (Lipinski definition) is 0. The van der Waals surface area contributed by atoms with Crippen LogP contribution >= 0.6 is 0 Å².